The van der Waals surface area contributed by atoms with E-state index in [1.54, 1.807) is 12.8 Å². The quantitative estimate of drug-likeness (QED) is 0.754. The second kappa shape index (κ2) is 3.23. The van der Waals surface area contributed by atoms with E-state index in [0.717, 1.165) is 23.8 Å². The van der Waals surface area contributed by atoms with Crippen molar-refractivity contribution in [3.63, 3.8) is 0 Å². The second-order valence-electron chi connectivity index (χ2n) is 6.92. The summed E-state index contributed by atoms with van der Waals surface area (Å²) in [6, 6.07) is 0. The Balaban J connectivity index is 1.88. The minimum absolute atomic E-state index is 0.583. The molecule has 0 aliphatic heterocycles. The van der Waals surface area contributed by atoms with E-state index in [9.17, 15) is 0 Å². The summed E-state index contributed by atoms with van der Waals surface area (Å²) in [6.45, 7) is 3.32. The second-order valence-corrected chi connectivity index (χ2v) is 6.92. The summed E-state index contributed by atoms with van der Waals surface area (Å²) in [5, 5.41) is 0. The average molecular weight is 207 g/mol. The standard InChI is InChI=1S/C14H25N/c1-2-3-13-5-11-4-12(6-13)8-14(7-11,9-13)10-15/h11-12H,2-10,15H2,1H3. The van der Waals surface area contributed by atoms with Crippen LogP contribution in [0.5, 0.6) is 0 Å². The summed E-state index contributed by atoms with van der Waals surface area (Å²) in [5.74, 6) is 2.09. The van der Waals surface area contributed by atoms with E-state index >= 15 is 0 Å². The molecule has 0 radical (unpaired) electrons. The van der Waals surface area contributed by atoms with Crippen molar-refractivity contribution in [3.05, 3.63) is 0 Å². The normalized spacial score (nSPS) is 52.4. The summed E-state index contributed by atoms with van der Waals surface area (Å²) in [5.41, 5.74) is 7.40. The number of rotatable bonds is 3. The lowest BCUT2D eigenvalue weighted by atomic mass is 9.43. The summed E-state index contributed by atoms with van der Waals surface area (Å²) in [6.07, 6.45) is 11.9. The van der Waals surface area contributed by atoms with Crippen molar-refractivity contribution in [2.45, 2.75) is 58.3 Å². The lowest BCUT2D eigenvalue weighted by Crippen LogP contribution is -2.54. The summed E-state index contributed by atoms with van der Waals surface area (Å²) in [7, 11) is 0. The van der Waals surface area contributed by atoms with Crippen molar-refractivity contribution < 1.29 is 0 Å². The van der Waals surface area contributed by atoms with Crippen LogP contribution in [0.3, 0.4) is 0 Å². The molecule has 4 rings (SSSR count). The largest absolute Gasteiger partial charge is 0.330 e. The van der Waals surface area contributed by atoms with Gasteiger partial charge in [0.15, 0.2) is 0 Å². The van der Waals surface area contributed by atoms with Gasteiger partial charge in [-0.2, -0.15) is 0 Å². The summed E-state index contributed by atoms with van der Waals surface area (Å²) < 4.78 is 0. The molecule has 4 aliphatic carbocycles. The number of hydrogen-bond donors (Lipinski definition) is 1. The molecule has 0 aromatic carbocycles. The van der Waals surface area contributed by atoms with E-state index in [0.29, 0.717) is 5.41 Å². The molecule has 2 atom stereocenters. The minimum Gasteiger partial charge on any atom is -0.330 e. The van der Waals surface area contributed by atoms with Crippen molar-refractivity contribution in [2.75, 3.05) is 6.54 Å². The minimum atomic E-state index is 0.583. The predicted molar refractivity (Wildman–Crippen MR) is 63.5 cm³/mol. The van der Waals surface area contributed by atoms with Crippen LogP contribution in [0.2, 0.25) is 0 Å². The monoisotopic (exact) mass is 207 g/mol. The first kappa shape index (κ1) is 10.1. The summed E-state index contributed by atoms with van der Waals surface area (Å²) in [4.78, 5) is 0. The van der Waals surface area contributed by atoms with E-state index in [1.165, 1.54) is 38.5 Å². The molecule has 0 spiro atoms. The van der Waals surface area contributed by atoms with E-state index < -0.39 is 0 Å². The number of nitrogens with two attached hydrogens (primary N) is 1. The lowest BCUT2D eigenvalue weighted by molar-refractivity contribution is -0.109. The molecule has 2 unspecified atom stereocenters. The first-order chi connectivity index (χ1) is 7.19. The predicted octanol–water partition coefficient (Wildman–Crippen LogP) is 3.33. The molecule has 1 nitrogen and oxygen atoms in total. The Labute approximate surface area is 93.8 Å². The van der Waals surface area contributed by atoms with Gasteiger partial charge in [-0.25, -0.2) is 0 Å². The Hall–Kier alpha value is -0.0400. The Morgan fingerprint density at radius 2 is 1.67 bits per heavy atom. The van der Waals surface area contributed by atoms with Gasteiger partial charge in [-0.05, 0) is 74.2 Å². The van der Waals surface area contributed by atoms with E-state index in [1.807, 2.05) is 0 Å². The molecule has 0 amide bonds. The maximum absolute atomic E-state index is 6.08. The van der Waals surface area contributed by atoms with Crippen LogP contribution in [0.4, 0.5) is 0 Å². The van der Waals surface area contributed by atoms with Gasteiger partial charge in [-0.1, -0.05) is 13.3 Å². The van der Waals surface area contributed by atoms with Crippen molar-refractivity contribution in [1.29, 1.82) is 0 Å². The molecule has 0 aromatic heterocycles. The maximum atomic E-state index is 6.08. The third-order valence-electron chi connectivity index (χ3n) is 5.52. The van der Waals surface area contributed by atoms with Gasteiger partial charge in [-0.15, -0.1) is 0 Å². The fraction of sp³-hybridized carbons (Fsp3) is 1.00. The molecular weight excluding hydrogens is 182 g/mol. The van der Waals surface area contributed by atoms with Gasteiger partial charge in [0.2, 0.25) is 0 Å². The summed E-state index contributed by atoms with van der Waals surface area (Å²) >= 11 is 0. The van der Waals surface area contributed by atoms with Crippen LogP contribution in [0, 0.1) is 22.7 Å². The van der Waals surface area contributed by atoms with Crippen LogP contribution in [-0.4, -0.2) is 6.54 Å². The number of hydrogen-bond acceptors (Lipinski definition) is 1. The molecule has 4 saturated carbocycles. The van der Waals surface area contributed by atoms with Crippen LogP contribution in [0.1, 0.15) is 58.3 Å². The molecule has 2 N–H and O–H groups in total. The molecule has 0 aromatic rings. The molecule has 0 heterocycles. The topological polar surface area (TPSA) is 26.0 Å². The molecule has 1 heteroatoms. The smallest absolute Gasteiger partial charge is 0.00201 e. The molecular formula is C14H25N. The van der Waals surface area contributed by atoms with Gasteiger partial charge < -0.3 is 5.73 Å². The van der Waals surface area contributed by atoms with Crippen LogP contribution >= 0.6 is 0 Å². The van der Waals surface area contributed by atoms with E-state index in [-0.39, 0.29) is 0 Å². The first-order valence-corrected chi connectivity index (χ1v) is 6.89. The van der Waals surface area contributed by atoms with E-state index in [2.05, 4.69) is 6.92 Å². The highest BCUT2D eigenvalue weighted by Gasteiger charge is 2.56. The van der Waals surface area contributed by atoms with Crippen LogP contribution in [0.15, 0.2) is 0 Å². The van der Waals surface area contributed by atoms with Crippen LogP contribution < -0.4 is 5.73 Å². The van der Waals surface area contributed by atoms with Gasteiger partial charge in [0.25, 0.3) is 0 Å². The Bertz CT molecular complexity index is 244. The van der Waals surface area contributed by atoms with Crippen LogP contribution in [0.25, 0.3) is 0 Å². The third-order valence-corrected chi connectivity index (χ3v) is 5.52. The Morgan fingerprint density at radius 3 is 2.20 bits per heavy atom. The fourth-order valence-electron chi connectivity index (χ4n) is 5.71. The fourth-order valence-corrected chi connectivity index (χ4v) is 5.71. The van der Waals surface area contributed by atoms with Crippen molar-refractivity contribution in [3.8, 4) is 0 Å². The Kier molecular flexibility index (Phi) is 2.18. The van der Waals surface area contributed by atoms with Gasteiger partial charge in [0, 0.05) is 0 Å². The van der Waals surface area contributed by atoms with Crippen molar-refractivity contribution in [1.82, 2.24) is 0 Å². The molecule has 4 aliphatic rings. The van der Waals surface area contributed by atoms with Gasteiger partial charge >= 0.3 is 0 Å². The highest BCUT2D eigenvalue weighted by Crippen LogP contribution is 2.66. The molecule has 15 heavy (non-hydrogen) atoms. The van der Waals surface area contributed by atoms with Gasteiger partial charge in [0.05, 0.1) is 0 Å². The zero-order valence-corrected chi connectivity index (χ0v) is 10.1. The van der Waals surface area contributed by atoms with Gasteiger partial charge in [-0.3, -0.25) is 0 Å². The highest BCUT2D eigenvalue weighted by atomic mass is 14.7. The third kappa shape index (κ3) is 1.46. The molecule has 0 saturated heterocycles. The van der Waals surface area contributed by atoms with E-state index in [4.69, 9.17) is 5.73 Å². The van der Waals surface area contributed by atoms with Gasteiger partial charge in [0.1, 0.15) is 0 Å². The maximum Gasteiger partial charge on any atom is -0.00201 e. The SMILES string of the molecule is CCCC12CC3CC(CC(CN)(C3)C1)C2. The lowest BCUT2D eigenvalue weighted by Gasteiger charge is -2.62. The first-order valence-electron chi connectivity index (χ1n) is 6.89. The zero-order chi connectivity index (χ0) is 10.5. The zero-order valence-electron chi connectivity index (χ0n) is 10.1. The van der Waals surface area contributed by atoms with Crippen molar-refractivity contribution >= 4 is 0 Å². The Morgan fingerprint density at radius 1 is 1.07 bits per heavy atom. The molecule has 86 valence electrons. The average Bonchev–Trinajstić information content (AvgIpc) is 2.15. The molecule has 4 fully saturated rings. The van der Waals surface area contributed by atoms with Crippen LogP contribution in [-0.2, 0) is 0 Å². The van der Waals surface area contributed by atoms with Crippen molar-refractivity contribution in [2.24, 2.45) is 28.4 Å². The highest BCUT2D eigenvalue weighted by molar-refractivity contribution is 5.07. The molecule has 4 bridgehead atoms.